The number of nitrogens with one attached hydrogen (secondary N) is 3. The summed E-state index contributed by atoms with van der Waals surface area (Å²) in [5, 5.41) is 8.85. The van der Waals surface area contributed by atoms with Crippen molar-refractivity contribution in [3.63, 3.8) is 0 Å². The predicted molar refractivity (Wildman–Crippen MR) is 125 cm³/mol. The fraction of sp³-hybridized carbons (Fsp3) is 0.524. The lowest BCUT2D eigenvalue weighted by molar-refractivity contribution is -0.136. The van der Waals surface area contributed by atoms with Gasteiger partial charge in [0.15, 0.2) is 0 Å². The molecule has 9 nitrogen and oxygen atoms in total. The Morgan fingerprint density at radius 3 is 2.47 bits per heavy atom. The third-order valence-corrected chi connectivity index (χ3v) is 5.89. The maximum atomic E-state index is 13.0. The van der Waals surface area contributed by atoms with Gasteiger partial charge in [0.2, 0.25) is 11.8 Å². The normalized spacial score (nSPS) is 20.9. The Labute approximate surface area is 199 Å². The first-order valence-corrected chi connectivity index (χ1v) is 10.6. The number of rotatable bonds is 7. The molecule has 2 saturated heterocycles. The van der Waals surface area contributed by atoms with Crippen LogP contribution in [0.1, 0.15) is 46.4 Å². The summed E-state index contributed by atoms with van der Waals surface area (Å²) in [4.78, 5) is 52.9. The zero-order valence-corrected chi connectivity index (χ0v) is 19.4. The average molecular weight is 486 g/mol. The highest BCUT2D eigenvalue weighted by molar-refractivity contribution is 6.25. The summed E-state index contributed by atoms with van der Waals surface area (Å²) in [5.74, 6) is -1.93. The second-order valence-electron chi connectivity index (χ2n) is 7.90. The highest BCUT2D eigenvalue weighted by Gasteiger charge is 2.45. The summed E-state index contributed by atoms with van der Waals surface area (Å²) in [6.45, 7) is 5.97. The van der Waals surface area contributed by atoms with Gasteiger partial charge in [-0.1, -0.05) is 6.07 Å². The van der Waals surface area contributed by atoms with Gasteiger partial charge in [-0.05, 0) is 37.9 Å². The van der Waals surface area contributed by atoms with Crippen LogP contribution in [-0.2, 0) is 9.59 Å². The van der Waals surface area contributed by atoms with E-state index >= 15 is 0 Å². The molecular formula is C21H29Cl2N5O4. The number of piperazine rings is 1. The summed E-state index contributed by atoms with van der Waals surface area (Å²) < 4.78 is 0. The SMILES string of the molecule is Cl.Cl.O=C1CCC(N2C(=O)c3cccc(NCCCCN4CCNCC4)c3C2=O)C(=O)N1. The van der Waals surface area contributed by atoms with Crippen LogP contribution in [0.5, 0.6) is 0 Å². The Morgan fingerprint density at radius 1 is 1.00 bits per heavy atom. The summed E-state index contributed by atoms with van der Waals surface area (Å²) in [7, 11) is 0. The fourth-order valence-electron chi connectivity index (χ4n) is 4.28. The molecule has 0 radical (unpaired) electrons. The fourth-order valence-corrected chi connectivity index (χ4v) is 4.28. The number of unbranched alkanes of at least 4 members (excludes halogenated alkanes) is 1. The van der Waals surface area contributed by atoms with E-state index in [4.69, 9.17) is 0 Å². The maximum absolute atomic E-state index is 13.0. The highest BCUT2D eigenvalue weighted by Crippen LogP contribution is 2.32. The van der Waals surface area contributed by atoms with E-state index in [-0.39, 0.29) is 43.6 Å². The Balaban J connectivity index is 0.00000181. The van der Waals surface area contributed by atoms with Crippen LogP contribution in [0.2, 0.25) is 0 Å². The number of benzene rings is 1. The Hall–Kier alpha value is -2.20. The van der Waals surface area contributed by atoms with E-state index in [1.54, 1.807) is 18.2 Å². The molecule has 0 aromatic heterocycles. The molecule has 0 bridgehead atoms. The summed E-state index contributed by atoms with van der Waals surface area (Å²) in [6, 6.07) is 4.19. The van der Waals surface area contributed by atoms with Crippen molar-refractivity contribution in [3.05, 3.63) is 29.3 Å². The number of nitrogens with zero attached hydrogens (tertiary/aromatic N) is 2. The van der Waals surface area contributed by atoms with Crippen LogP contribution < -0.4 is 16.0 Å². The molecule has 4 amide bonds. The number of carbonyl (C=O) groups is 4. The molecule has 0 saturated carbocycles. The number of hydrogen-bond donors (Lipinski definition) is 3. The van der Waals surface area contributed by atoms with E-state index in [9.17, 15) is 19.2 Å². The summed E-state index contributed by atoms with van der Waals surface area (Å²) in [5.41, 5.74) is 1.23. The van der Waals surface area contributed by atoms with E-state index in [0.29, 0.717) is 23.4 Å². The second kappa shape index (κ2) is 11.6. The van der Waals surface area contributed by atoms with Gasteiger partial charge < -0.3 is 15.5 Å². The van der Waals surface area contributed by atoms with E-state index in [0.717, 1.165) is 50.5 Å². The molecule has 1 atom stereocenters. The Morgan fingerprint density at radius 2 is 1.75 bits per heavy atom. The van der Waals surface area contributed by atoms with Gasteiger partial charge in [-0.25, -0.2) is 0 Å². The Kier molecular flexibility index (Phi) is 9.45. The predicted octanol–water partition coefficient (Wildman–Crippen LogP) is 1.03. The topological polar surface area (TPSA) is 111 Å². The number of piperidine rings is 1. The zero-order valence-electron chi connectivity index (χ0n) is 17.7. The van der Waals surface area contributed by atoms with Crippen molar-refractivity contribution in [1.82, 2.24) is 20.4 Å². The minimum atomic E-state index is -0.943. The van der Waals surface area contributed by atoms with Crippen LogP contribution in [0.25, 0.3) is 0 Å². The largest absolute Gasteiger partial charge is 0.384 e. The van der Waals surface area contributed by atoms with Gasteiger partial charge in [0.1, 0.15) is 6.04 Å². The van der Waals surface area contributed by atoms with Crippen LogP contribution in [-0.4, -0.2) is 78.7 Å². The van der Waals surface area contributed by atoms with Crippen LogP contribution in [0.4, 0.5) is 5.69 Å². The smallest absolute Gasteiger partial charge is 0.264 e. The number of hydrogen-bond acceptors (Lipinski definition) is 7. The molecule has 3 heterocycles. The minimum Gasteiger partial charge on any atom is -0.384 e. The van der Waals surface area contributed by atoms with Gasteiger partial charge in [-0.15, -0.1) is 24.8 Å². The van der Waals surface area contributed by atoms with Gasteiger partial charge in [0.25, 0.3) is 11.8 Å². The number of amides is 4. The molecule has 1 aromatic carbocycles. The van der Waals surface area contributed by atoms with Gasteiger partial charge in [-0.2, -0.15) is 0 Å². The van der Waals surface area contributed by atoms with Crippen molar-refractivity contribution in [1.29, 1.82) is 0 Å². The van der Waals surface area contributed by atoms with Gasteiger partial charge in [0.05, 0.1) is 11.1 Å². The lowest BCUT2D eigenvalue weighted by atomic mass is 10.0. The van der Waals surface area contributed by atoms with Crippen LogP contribution >= 0.6 is 24.8 Å². The van der Waals surface area contributed by atoms with Crippen LogP contribution in [0.3, 0.4) is 0 Å². The van der Waals surface area contributed by atoms with Gasteiger partial charge >= 0.3 is 0 Å². The lowest BCUT2D eigenvalue weighted by Gasteiger charge is -2.27. The molecule has 2 fully saturated rings. The monoisotopic (exact) mass is 485 g/mol. The number of carbonyl (C=O) groups excluding carboxylic acids is 4. The van der Waals surface area contributed by atoms with Crippen molar-refractivity contribution < 1.29 is 19.2 Å². The van der Waals surface area contributed by atoms with E-state index in [1.165, 1.54) is 0 Å². The van der Waals surface area contributed by atoms with Crippen molar-refractivity contribution >= 4 is 54.1 Å². The van der Waals surface area contributed by atoms with E-state index in [2.05, 4.69) is 20.9 Å². The average Bonchev–Trinajstić information content (AvgIpc) is 3.00. The molecule has 0 spiro atoms. The zero-order chi connectivity index (χ0) is 21.1. The van der Waals surface area contributed by atoms with Crippen molar-refractivity contribution in [3.8, 4) is 0 Å². The maximum Gasteiger partial charge on any atom is 0.264 e. The molecule has 11 heteroatoms. The molecule has 1 unspecified atom stereocenters. The molecule has 0 aliphatic carbocycles. The minimum absolute atomic E-state index is 0. The van der Waals surface area contributed by atoms with E-state index < -0.39 is 23.8 Å². The van der Waals surface area contributed by atoms with Crippen molar-refractivity contribution in [2.24, 2.45) is 0 Å². The molecule has 32 heavy (non-hydrogen) atoms. The molecular weight excluding hydrogens is 457 g/mol. The molecule has 3 aliphatic rings. The number of imide groups is 2. The van der Waals surface area contributed by atoms with Gasteiger partial charge in [-0.3, -0.25) is 29.4 Å². The van der Waals surface area contributed by atoms with Gasteiger partial charge in [0, 0.05) is 44.8 Å². The third-order valence-electron chi connectivity index (χ3n) is 5.89. The summed E-state index contributed by atoms with van der Waals surface area (Å²) >= 11 is 0. The third kappa shape index (κ3) is 5.40. The molecule has 4 rings (SSSR count). The second-order valence-corrected chi connectivity index (χ2v) is 7.90. The molecule has 1 aromatic rings. The quantitative estimate of drug-likeness (QED) is 0.390. The van der Waals surface area contributed by atoms with Crippen molar-refractivity contribution in [2.45, 2.75) is 31.7 Å². The Bertz CT molecular complexity index is 876. The van der Waals surface area contributed by atoms with E-state index in [1.807, 2.05) is 0 Å². The number of fused-ring (bicyclic) bond motifs is 1. The number of halogens is 2. The first-order chi connectivity index (χ1) is 14.6. The lowest BCUT2D eigenvalue weighted by Crippen LogP contribution is -2.54. The molecule has 3 aliphatic heterocycles. The standard InChI is InChI=1S/C21H27N5O4.2ClH/c27-17-7-6-16(19(28)24-17)26-20(29)14-4-3-5-15(18(14)21(26)30)23-8-1-2-11-25-12-9-22-10-13-25;;/h3-5,16,22-23H,1-2,6-13H2,(H,24,27,28);2*1H. The molecule has 3 N–H and O–H groups in total. The summed E-state index contributed by atoms with van der Waals surface area (Å²) in [6.07, 6.45) is 2.27. The first-order valence-electron chi connectivity index (χ1n) is 10.6. The highest BCUT2D eigenvalue weighted by atomic mass is 35.5. The van der Waals surface area contributed by atoms with Crippen LogP contribution in [0, 0.1) is 0 Å². The van der Waals surface area contributed by atoms with Crippen LogP contribution in [0.15, 0.2) is 18.2 Å². The van der Waals surface area contributed by atoms with Crippen molar-refractivity contribution in [2.75, 3.05) is 44.6 Å². The number of anilines is 1. The first kappa shape index (κ1) is 26.1. The molecule has 176 valence electrons.